The highest BCUT2D eigenvalue weighted by molar-refractivity contribution is 8.00. The Morgan fingerprint density at radius 2 is 1.74 bits per heavy atom. The zero-order valence-corrected chi connectivity index (χ0v) is 17.7. The van der Waals surface area contributed by atoms with Crippen LogP contribution in [0.15, 0.2) is 63.1 Å². The van der Waals surface area contributed by atoms with Gasteiger partial charge < -0.3 is 4.74 Å². The normalized spacial score (nSPS) is 10.8. The molecule has 1 aromatic heterocycles. The average Bonchev–Trinajstić information content (AvgIpc) is 3.17. The fourth-order valence-electron chi connectivity index (χ4n) is 2.14. The Morgan fingerprint density at radius 3 is 2.19 bits per heavy atom. The molecule has 5 nitrogen and oxygen atoms in total. The monoisotopic (exact) mass is 423 g/mol. The molecule has 0 saturated carbocycles. The van der Waals surface area contributed by atoms with Crippen molar-refractivity contribution in [2.24, 2.45) is 0 Å². The van der Waals surface area contributed by atoms with Crippen LogP contribution in [0.3, 0.4) is 0 Å². The summed E-state index contributed by atoms with van der Waals surface area (Å²) in [5.74, 6) is 0.874. The molecular weight excluding hydrogens is 402 g/mol. The lowest BCUT2D eigenvalue weighted by atomic mass is 10.2. The predicted molar refractivity (Wildman–Crippen MR) is 112 cm³/mol. The van der Waals surface area contributed by atoms with Crippen LogP contribution in [-0.4, -0.2) is 31.3 Å². The van der Waals surface area contributed by atoms with Crippen molar-refractivity contribution in [2.75, 3.05) is 13.4 Å². The summed E-state index contributed by atoms with van der Waals surface area (Å²) >= 11 is 3.35. The quantitative estimate of drug-likeness (QED) is 0.458. The van der Waals surface area contributed by atoms with Gasteiger partial charge in [0.1, 0.15) is 10.1 Å². The SMILES string of the molecule is CCc1ccc(S(=O)(=O)O)cc1.COc1ccc(-c2csc(SC)n2)cc1. The highest BCUT2D eigenvalue weighted by Crippen LogP contribution is 2.27. The van der Waals surface area contributed by atoms with E-state index in [0.29, 0.717) is 0 Å². The topological polar surface area (TPSA) is 76.5 Å². The molecule has 27 heavy (non-hydrogen) atoms. The maximum absolute atomic E-state index is 10.6. The second kappa shape index (κ2) is 9.89. The van der Waals surface area contributed by atoms with Crippen LogP contribution in [0.5, 0.6) is 5.75 Å². The summed E-state index contributed by atoms with van der Waals surface area (Å²) in [5, 5.41) is 2.08. The second-order valence-corrected chi connectivity index (χ2v) is 8.74. The number of nitrogens with zero attached hydrogens (tertiary/aromatic N) is 1. The minimum atomic E-state index is -4.03. The lowest BCUT2D eigenvalue weighted by molar-refractivity contribution is 0.415. The molecule has 0 unspecified atom stereocenters. The van der Waals surface area contributed by atoms with Gasteiger partial charge in [-0.25, -0.2) is 4.98 Å². The zero-order valence-electron chi connectivity index (χ0n) is 15.2. The Balaban J connectivity index is 0.000000199. The van der Waals surface area contributed by atoms with Crippen LogP contribution < -0.4 is 4.74 Å². The molecule has 8 heteroatoms. The van der Waals surface area contributed by atoms with E-state index in [1.54, 1.807) is 42.3 Å². The van der Waals surface area contributed by atoms with E-state index in [1.165, 1.54) is 12.1 Å². The molecule has 0 spiro atoms. The van der Waals surface area contributed by atoms with Crippen LogP contribution in [-0.2, 0) is 16.5 Å². The number of hydrogen-bond acceptors (Lipinski definition) is 6. The third-order valence-electron chi connectivity index (χ3n) is 3.67. The van der Waals surface area contributed by atoms with Gasteiger partial charge in [-0.1, -0.05) is 30.8 Å². The van der Waals surface area contributed by atoms with E-state index in [4.69, 9.17) is 9.29 Å². The summed E-state index contributed by atoms with van der Waals surface area (Å²) in [7, 11) is -2.36. The van der Waals surface area contributed by atoms with Gasteiger partial charge in [-0.15, -0.1) is 11.3 Å². The third-order valence-corrected chi connectivity index (χ3v) is 6.40. The molecular formula is C19H21NO4S3. The number of hydrogen-bond donors (Lipinski definition) is 1. The number of rotatable bonds is 5. The molecule has 1 heterocycles. The molecule has 0 aliphatic heterocycles. The van der Waals surface area contributed by atoms with Gasteiger partial charge in [0.2, 0.25) is 0 Å². The van der Waals surface area contributed by atoms with E-state index >= 15 is 0 Å². The van der Waals surface area contributed by atoms with E-state index < -0.39 is 10.1 Å². The van der Waals surface area contributed by atoms with Crippen molar-refractivity contribution < 1.29 is 17.7 Å². The molecule has 0 atom stereocenters. The second-order valence-electron chi connectivity index (χ2n) is 5.40. The van der Waals surface area contributed by atoms with E-state index in [9.17, 15) is 8.42 Å². The highest BCUT2D eigenvalue weighted by Gasteiger charge is 2.07. The maximum Gasteiger partial charge on any atom is 0.294 e. The van der Waals surface area contributed by atoms with Crippen molar-refractivity contribution in [1.82, 2.24) is 4.98 Å². The van der Waals surface area contributed by atoms with Gasteiger partial charge in [-0.2, -0.15) is 8.42 Å². The van der Waals surface area contributed by atoms with Crippen LogP contribution in [0.2, 0.25) is 0 Å². The van der Waals surface area contributed by atoms with E-state index in [1.807, 2.05) is 37.4 Å². The predicted octanol–water partition coefficient (Wildman–Crippen LogP) is 5.04. The van der Waals surface area contributed by atoms with Crippen LogP contribution in [0.1, 0.15) is 12.5 Å². The zero-order chi connectivity index (χ0) is 19.9. The Bertz CT molecular complexity index is 949. The minimum absolute atomic E-state index is 0.0558. The van der Waals surface area contributed by atoms with Gasteiger partial charge in [0.05, 0.1) is 17.7 Å². The Hall–Kier alpha value is -1.87. The fraction of sp³-hybridized carbons (Fsp3) is 0.211. The third kappa shape index (κ3) is 6.35. The first-order valence-corrected chi connectivity index (χ1v) is 11.6. The Morgan fingerprint density at radius 1 is 1.11 bits per heavy atom. The van der Waals surface area contributed by atoms with Crippen molar-refractivity contribution in [3.63, 3.8) is 0 Å². The van der Waals surface area contributed by atoms with Gasteiger partial charge in [0.25, 0.3) is 10.1 Å². The lowest BCUT2D eigenvalue weighted by Crippen LogP contribution is -1.97. The summed E-state index contributed by atoms with van der Waals surface area (Å²) in [5.41, 5.74) is 3.21. The molecule has 3 aromatic rings. The molecule has 144 valence electrons. The summed E-state index contributed by atoms with van der Waals surface area (Å²) in [6.07, 6.45) is 2.89. The lowest BCUT2D eigenvalue weighted by Gasteiger charge is -2.00. The Kier molecular flexibility index (Phi) is 7.85. The molecule has 0 radical (unpaired) electrons. The first-order chi connectivity index (χ1) is 12.9. The molecule has 2 aromatic carbocycles. The average molecular weight is 424 g/mol. The van der Waals surface area contributed by atoms with Gasteiger partial charge in [0, 0.05) is 10.9 Å². The molecule has 0 fully saturated rings. The number of aromatic nitrogens is 1. The first-order valence-electron chi connectivity index (χ1n) is 8.07. The fourth-order valence-corrected chi connectivity index (χ4v) is 3.89. The first kappa shape index (κ1) is 21.4. The molecule has 0 aliphatic carbocycles. The molecule has 0 saturated heterocycles. The summed E-state index contributed by atoms with van der Waals surface area (Å²) in [6, 6.07) is 14.1. The van der Waals surface area contributed by atoms with E-state index in [2.05, 4.69) is 10.4 Å². The standard InChI is InChI=1S/C11H11NOS2.C8H10O3S/c1-13-9-5-3-8(4-6-9)10-7-15-11(12-10)14-2;1-2-7-3-5-8(6-4-7)12(9,10)11/h3-7H,1-2H3;3-6H,2H2,1H3,(H,9,10,11). The number of thioether (sulfide) groups is 1. The van der Waals surface area contributed by atoms with Crippen molar-refractivity contribution in [3.8, 4) is 17.0 Å². The van der Waals surface area contributed by atoms with Gasteiger partial charge in [-0.3, -0.25) is 4.55 Å². The maximum atomic E-state index is 10.6. The van der Waals surface area contributed by atoms with Crippen LogP contribution >= 0.6 is 23.1 Å². The summed E-state index contributed by atoms with van der Waals surface area (Å²) < 4.78 is 36.0. The van der Waals surface area contributed by atoms with Gasteiger partial charge in [0.15, 0.2) is 0 Å². The van der Waals surface area contributed by atoms with Gasteiger partial charge in [-0.05, 0) is 54.6 Å². The number of methoxy groups -OCH3 is 1. The number of thiazole rings is 1. The molecule has 0 aliphatic rings. The van der Waals surface area contributed by atoms with E-state index in [0.717, 1.165) is 33.3 Å². The summed E-state index contributed by atoms with van der Waals surface area (Å²) in [4.78, 5) is 4.44. The number of ether oxygens (including phenoxy) is 1. The van der Waals surface area contributed by atoms with Crippen molar-refractivity contribution in [1.29, 1.82) is 0 Å². The van der Waals surface area contributed by atoms with Crippen molar-refractivity contribution in [3.05, 3.63) is 59.5 Å². The van der Waals surface area contributed by atoms with Crippen molar-refractivity contribution in [2.45, 2.75) is 22.6 Å². The largest absolute Gasteiger partial charge is 0.497 e. The molecule has 3 rings (SSSR count). The molecule has 0 amide bonds. The van der Waals surface area contributed by atoms with Crippen LogP contribution in [0.4, 0.5) is 0 Å². The van der Waals surface area contributed by atoms with Crippen molar-refractivity contribution >= 4 is 33.2 Å². The smallest absolute Gasteiger partial charge is 0.294 e. The van der Waals surface area contributed by atoms with Crippen LogP contribution in [0, 0.1) is 0 Å². The van der Waals surface area contributed by atoms with Gasteiger partial charge >= 0.3 is 0 Å². The molecule has 0 bridgehead atoms. The highest BCUT2D eigenvalue weighted by atomic mass is 32.2. The summed E-state index contributed by atoms with van der Waals surface area (Å²) in [6.45, 7) is 1.97. The van der Waals surface area contributed by atoms with Crippen LogP contribution in [0.25, 0.3) is 11.3 Å². The van der Waals surface area contributed by atoms with E-state index in [-0.39, 0.29) is 4.90 Å². The molecule has 1 N–H and O–H groups in total. The Labute approximate surface area is 168 Å². The number of benzene rings is 2. The number of aryl methyl sites for hydroxylation is 1. The minimum Gasteiger partial charge on any atom is -0.497 e.